The van der Waals surface area contributed by atoms with Gasteiger partial charge in [0.05, 0.1) is 0 Å². The second kappa shape index (κ2) is 5.54. The first kappa shape index (κ1) is 13.1. The molecule has 98 valence electrons. The molecule has 0 radical (unpaired) electrons. The van der Waals surface area contributed by atoms with Crippen molar-refractivity contribution in [1.82, 2.24) is 0 Å². The molecule has 1 spiro atoms. The zero-order valence-corrected chi connectivity index (χ0v) is 11.6. The van der Waals surface area contributed by atoms with Gasteiger partial charge in [-0.05, 0) is 49.9 Å². The average molecular weight is 236 g/mol. The summed E-state index contributed by atoms with van der Waals surface area (Å²) in [7, 11) is 0. The lowest BCUT2D eigenvalue weighted by Gasteiger charge is -2.50. The second-order valence-electron chi connectivity index (χ2n) is 6.64. The molecule has 0 aromatic heterocycles. The number of carbonyl (C=O) groups excluding carboxylic acids is 1. The first-order valence-electron chi connectivity index (χ1n) is 7.63. The molecular formula is C16H28O. The van der Waals surface area contributed by atoms with Crippen LogP contribution in [0.25, 0.3) is 0 Å². The Morgan fingerprint density at radius 2 is 1.76 bits per heavy atom. The van der Waals surface area contributed by atoms with Gasteiger partial charge in [-0.2, -0.15) is 0 Å². The molecule has 0 aliphatic heterocycles. The summed E-state index contributed by atoms with van der Waals surface area (Å²) < 4.78 is 0. The average Bonchev–Trinajstić information content (AvgIpc) is 2.29. The van der Waals surface area contributed by atoms with E-state index in [1.165, 1.54) is 51.4 Å². The van der Waals surface area contributed by atoms with Crippen LogP contribution in [0.5, 0.6) is 0 Å². The number of carbonyl (C=O) groups is 1. The Hall–Kier alpha value is -0.330. The van der Waals surface area contributed by atoms with Gasteiger partial charge in [-0.1, -0.05) is 39.0 Å². The maximum Gasteiger partial charge on any atom is 0.129 e. The third-order valence-electron chi connectivity index (χ3n) is 5.46. The van der Waals surface area contributed by atoms with Gasteiger partial charge in [0.1, 0.15) is 5.78 Å². The van der Waals surface area contributed by atoms with Crippen LogP contribution in [0, 0.1) is 17.3 Å². The molecule has 1 nitrogen and oxygen atoms in total. The molecule has 0 N–H and O–H groups in total. The van der Waals surface area contributed by atoms with E-state index in [9.17, 15) is 4.79 Å². The Bertz CT molecular complexity index is 257. The molecule has 2 atom stereocenters. The number of hydrogen-bond donors (Lipinski definition) is 0. The summed E-state index contributed by atoms with van der Waals surface area (Å²) >= 11 is 0. The first-order chi connectivity index (χ1) is 8.14. The fourth-order valence-electron chi connectivity index (χ4n) is 4.59. The van der Waals surface area contributed by atoms with Crippen LogP contribution in [-0.2, 0) is 4.79 Å². The van der Waals surface area contributed by atoms with Crippen molar-refractivity contribution < 1.29 is 4.79 Å². The molecule has 2 saturated carbocycles. The second-order valence-corrected chi connectivity index (χ2v) is 6.64. The van der Waals surface area contributed by atoms with E-state index >= 15 is 0 Å². The van der Waals surface area contributed by atoms with E-state index in [1.54, 1.807) is 6.92 Å². The fraction of sp³-hybridized carbons (Fsp3) is 0.938. The summed E-state index contributed by atoms with van der Waals surface area (Å²) in [4.78, 5) is 11.3. The highest BCUT2D eigenvalue weighted by Gasteiger charge is 2.43. The molecule has 0 amide bonds. The molecule has 0 aromatic carbocycles. The summed E-state index contributed by atoms with van der Waals surface area (Å²) in [5.74, 6) is 2.07. The SMILES string of the molecule is CC(=O)CC[C@H]1[C@H](C)CCCC12CCCCC2. The highest BCUT2D eigenvalue weighted by molar-refractivity contribution is 5.75. The van der Waals surface area contributed by atoms with Gasteiger partial charge in [0.2, 0.25) is 0 Å². The molecule has 0 heterocycles. The molecule has 0 unspecified atom stereocenters. The Kier molecular flexibility index (Phi) is 4.27. The Morgan fingerprint density at radius 1 is 1.12 bits per heavy atom. The maximum atomic E-state index is 11.3. The molecule has 2 aliphatic rings. The van der Waals surface area contributed by atoms with Crippen LogP contribution < -0.4 is 0 Å². The molecule has 1 heteroatoms. The van der Waals surface area contributed by atoms with Gasteiger partial charge in [-0.15, -0.1) is 0 Å². The van der Waals surface area contributed by atoms with Crippen molar-refractivity contribution in [1.29, 1.82) is 0 Å². The predicted molar refractivity (Wildman–Crippen MR) is 71.9 cm³/mol. The van der Waals surface area contributed by atoms with Crippen molar-refractivity contribution >= 4 is 5.78 Å². The van der Waals surface area contributed by atoms with E-state index in [-0.39, 0.29) is 0 Å². The van der Waals surface area contributed by atoms with Crippen molar-refractivity contribution in [2.45, 2.75) is 78.1 Å². The van der Waals surface area contributed by atoms with Gasteiger partial charge in [0.15, 0.2) is 0 Å². The molecular weight excluding hydrogens is 208 g/mol. The smallest absolute Gasteiger partial charge is 0.129 e. The Balaban J connectivity index is 2.06. The van der Waals surface area contributed by atoms with Gasteiger partial charge in [0, 0.05) is 6.42 Å². The number of ketones is 1. The van der Waals surface area contributed by atoms with Crippen LogP contribution in [0.4, 0.5) is 0 Å². The first-order valence-corrected chi connectivity index (χ1v) is 7.63. The Morgan fingerprint density at radius 3 is 2.41 bits per heavy atom. The summed E-state index contributed by atoms with van der Waals surface area (Å²) in [6.45, 7) is 4.18. The topological polar surface area (TPSA) is 17.1 Å². The lowest BCUT2D eigenvalue weighted by Crippen LogP contribution is -2.40. The minimum atomic E-state index is 0.383. The third-order valence-corrected chi connectivity index (χ3v) is 5.46. The van der Waals surface area contributed by atoms with Crippen molar-refractivity contribution in [3.05, 3.63) is 0 Å². The summed E-state index contributed by atoms with van der Waals surface area (Å²) in [6.07, 6.45) is 13.4. The minimum absolute atomic E-state index is 0.383. The maximum absolute atomic E-state index is 11.3. The zero-order chi connectivity index (χ0) is 12.3. The lowest BCUT2D eigenvalue weighted by molar-refractivity contribution is -0.118. The standard InChI is InChI=1S/C16H28O/c1-13-7-6-12-16(10-4-3-5-11-16)15(13)9-8-14(2)17/h13,15H,3-12H2,1-2H3/t13-,15+/m1/s1. The van der Waals surface area contributed by atoms with E-state index in [2.05, 4.69) is 6.92 Å². The van der Waals surface area contributed by atoms with Crippen LogP contribution in [-0.4, -0.2) is 5.78 Å². The number of hydrogen-bond acceptors (Lipinski definition) is 1. The summed E-state index contributed by atoms with van der Waals surface area (Å²) in [5, 5.41) is 0. The fourth-order valence-corrected chi connectivity index (χ4v) is 4.59. The van der Waals surface area contributed by atoms with Crippen molar-refractivity contribution in [2.24, 2.45) is 17.3 Å². The van der Waals surface area contributed by atoms with E-state index in [4.69, 9.17) is 0 Å². The monoisotopic (exact) mass is 236 g/mol. The predicted octanol–water partition coefficient (Wildman–Crippen LogP) is 4.74. The van der Waals surface area contributed by atoms with Crippen LogP contribution in [0.3, 0.4) is 0 Å². The van der Waals surface area contributed by atoms with Crippen LogP contribution >= 0.6 is 0 Å². The van der Waals surface area contributed by atoms with E-state index < -0.39 is 0 Å². The molecule has 0 bridgehead atoms. The summed E-state index contributed by atoms with van der Waals surface area (Å²) in [5.41, 5.74) is 0.630. The molecule has 0 aromatic rings. The summed E-state index contributed by atoms with van der Waals surface area (Å²) in [6, 6.07) is 0. The normalized spacial score (nSPS) is 32.6. The van der Waals surface area contributed by atoms with E-state index in [0.29, 0.717) is 11.2 Å². The molecule has 2 fully saturated rings. The van der Waals surface area contributed by atoms with Crippen LogP contribution in [0.1, 0.15) is 78.1 Å². The van der Waals surface area contributed by atoms with Crippen LogP contribution in [0.15, 0.2) is 0 Å². The third kappa shape index (κ3) is 2.92. The van der Waals surface area contributed by atoms with Gasteiger partial charge in [-0.3, -0.25) is 0 Å². The largest absolute Gasteiger partial charge is 0.300 e. The number of rotatable bonds is 3. The van der Waals surface area contributed by atoms with E-state index in [1.807, 2.05) is 0 Å². The highest BCUT2D eigenvalue weighted by atomic mass is 16.1. The van der Waals surface area contributed by atoms with Crippen molar-refractivity contribution in [2.75, 3.05) is 0 Å². The zero-order valence-electron chi connectivity index (χ0n) is 11.6. The van der Waals surface area contributed by atoms with E-state index in [0.717, 1.165) is 24.7 Å². The molecule has 0 saturated heterocycles. The Labute approximate surface area is 106 Å². The van der Waals surface area contributed by atoms with Gasteiger partial charge in [0.25, 0.3) is 0 Å². The molecule has 2 aliphatic carbocycles. The van der Waals surface area contributed by atoms with Crippen molar-refractivity contribution in [3.63, 3.8) is 0 Å². The highest BCUT2D eigenvalue weighted by Crippen LogP contribution is 2.54. The molecule has 2 rings (SSSR count). The quantitative estimate of drug-likeness (QED) is 0.691. The minimum Gasteiger partial charge on any atom is -0.300 e. The van der Waals surface area contributed by atoms with Gasteiger partial charge in [-0.25, -0.2) is 0 Å². The molecule has 17 heavy (non-hydrogen) atoms. The van der Waals surface area contributed by atoms with Gasteiger partial charge < -0.3 is 4.79 Å². The van der Waals surface area contributed by atoms with Gasteiger partial charge >= 0.3 is 0 Å². The van der Waals surface area contributed by atoms with Crippen molar-refractivity contribution in [3.8, 4) is 0 Å². The lowest BCUT2D eigenvalue weighted by atomic mass is 9.55. The van der Waals surface area contributed by atoms with Crippen LogP contribution in [0.2, 0.25) is 0 Å². The number of Topliss-reactive ketones (excluding diaryl/α,β-unsaturated/α-hetero) is 1.